The lowest BCUT2D eigenvalue weighted by Gasteiger charge is -2.18. The molecule has 3 aromatic heterocycles. The largest absolute Gasteiger partial charge is 0.369 e. The summed E-state index contributed by atoms with van der Waals surface area (Å²) in [5.74, 6) is 2.21. The first-order valence-electron chi connectivity index (χ1n) is 7.87. The first kappa shape index (κ1) is 14.8. The Hall–Kier alpha value is -2.72. The summed E-state index contributed by atoms with van der Waals surface area (Å²) in [7, 11) is 0. The summed E-state index contributed by atoms with van der Waals surface area (Å²) < 4.78 is 1.16. The van der Waals surface area contributed by atoms with E-state index in [2.05, 4.69) is 36.6 Å². The average molecular weight is 336 g/mol. The topological polar surface area (TPSA) is 77.7 Å². The van der Waals surface area contributed by atoms with Crippen molar-refractivity contribution < 1.29 is 0 Å². The first-order chi connectivity index (χ1) is 11.8. The number of hydrogen-bond acceptors (Lipinski definition) is 7. The molecule has 4 rings (SSSR count). The Balaban J connectivity index is 1.44. The van der Waals surface area contributed by atoms with Crippen LogP contribution in [-0.2, 0) is 0 Å². The third-order valence-electron chi connectivity index (χ3n) is 4.30. The summed E-state index contributed by atoms with van der Waals surface area (Å²) in [6, 6.07) is 7.77. The smallest absolute Gasteiger partial charge is 0.150 e. The van der Waals surface area contributed by atoms with Crippen LogP contribution in [0.4, 0.5) is 11.6 Å². The van der Waals surface area contributed by atoms with Gasteiger partial charge in [0.25, 0.3) is 0 Å². The standard InChI is InChI=1S/C17H16N6S/c18-8-13-2-1-5-19-16(13)20-9-12-3-6-23(10-12)17-15-14(4-7-24-15)21-11-22-17/h1-2,4-5,7,11-12H,3,6,9-10H2,(H,19,20)/t12-/m0/s1. The molecule has 1 N–H and O–H groups in total. The van der Waals surface area contributed by atoms with E-state index in [1.807, 2.05) is 6.07 Å². The van der Waals surface area contributed by atoms with Crippen LogP contribution in [0.5, 0.6) is 0 Å². The summed E-state index contributed by atoms with van der Waals surface area (Å²) in [6.45, 7) is 2.75. The van der Waals surface area contributed by atoms with Gasteiger partial charge in [-0.15, -0.1) is 11.3 Å². The molecule has 0 amide bonds. The van der Waals surface area contributed by atoms with Crippen LogP contribution in [0.2, 0.25) is 0 Å². The minimum absolute atomic E-state index is 0.503. The minimum Gasteiger partial charge on any atom is -0.369 e. The van der Waals surface area contributed by atoms with Crippen molar-refractivity contribution in [3.63, 3.8) is 0 Å². The highest BCUT2D eigenvalue weighted by Gasteiger charge is 2.25. The monoisotopic (exact) mass is 336 g/mol. The first-order valence-corrected chi connectivity index (χ1v) is 8.75. The highest BCUT2D eigenvalue weighted by molar-refractivity contribution is 7.17. The molecule has 0 aliphatic carbocycles. The second-order valence-electron chi connectivity index (χ2n) is 5.83. The van der Waals surface area contributed by atoms with E-state index in [4.69, 9.17) is 5.26 Å². The Morgan fingerprint density at radius 2 is 2.29 bits per heavy atom. The third-order valence-corrected chi connectivity index (χ3v) is 5.20. The molecule has 3 aromatic rings. The number of thiophene rings is 1. The van der Waals surface area contributed by atoms with Gasteiger partial charge in [-0.05, 0) is 35.9 Å². The van der Waals surface area contributed by atoms with Crippen molar-refractivity contribution in [2.75, 3.05) is 29.9 Å². The van der Waals surface area contributed by atoms with E-state index >= 15 is 0 Å². The second-order valence-corrected chi connectivity index (χ2v) is 6.74. The van der Waals surface area contributed by atoms with Gasteiger partial charge in [-0.1, -0.05) is 0 Å². The molecule has 1 aliphatic rings. The zero-order valence-corrected chi connectivity index (χ0v) is 13.8. The van der Waals surface area contributed by atoms with Crippen LogP contribution in [0.3, 0.4) is 0 Å². The van der Waals surface area contributed by atoms with Gasteiger partial charge in [0, 0.05) is 25.8 Å². The number of pyridine rings is 1. The molecule has 120 valence electrons. The van der Waals surface area contributed by atoms with Crippen molar-refractivity contribution in [2.24, 2.45) is 5.92 Å². The SMILES string of the molecule is N#Cc1cccnc1NC[C@@H]1CCN(c2ncnc3ccsc23)C1. The Bertz CT molecular complexity index is 899. The minimum atomic E-state index is 0.503. The fraction of sp³-hybridized carbons (Fsp3) is 0.294. The van der Waals surface area contributed by atoms with Crippen LogP contribution in [0, 0.1) is 17.2 Å². The van der Waals surface area contributed by atoms with Gasteiger partial charge in [-0.3, -0.25) is 0 Å². The number of fused-ring (bicyclic) bond motifs is 1. The van der Waals surface area contributed by atoms with Crippen LogP contribution >= 0.6 is 11.3 Å². The number of rotatable bonds is 4. The molecule has 4 heterocycles. The number of hydrogen-bond donors (Lipinski definition) is 1. The van der Waals surface area contributed by atoms with Crippen molar-refractivity contribution in [2.45, 2.75) is 6.42 Å². The maximum atomic E-state index is 9.13. The maximum absolute atomic E-state index is 9.13. The lowest BCUT2D eigenvalue weighted by Crippen LogP contribution is -2.23. The summed E-state index contributed by atoms with van der Waals surface area (Å²) in [5, 5.41) is 14.5. The molecule has 7 heteroatoms. The van der Waals surface area contributed by atoms with Crippen molar-refractivity contribution in [3.05, 3.63) is 41.7 Å². The Morgan fingerprint density at radius 3 is 3.21 bits per heavy atom. The molecule has 1 fully saturated rings. The van der Waals surface area contributed by atoms with Crippen molar-refractivity contribution in [1.82, 2.24) is 15.0 Å². The van der Waals surface area contributed by atoms with Crippen LogP contribution in [0.15, 0.2) is 36.1 Å². The molecule has 1 saturated heterocycles. The number of nitrogens with one attached hydrogen (secondary N) is 1. The molecule has 0 unspecified atom stereocenters. The third kappa shape index (κ3) is 2.76. The molecule has 24 heavy (non-hydrogen) atoms. The van der Waals surface area contributed by atoms with E-state index in [1.54, 1.807) is 36.0 Å². The number of aromatic nitrogens is 3. The molecule has 1 aliphatic heterocycles. The quantitative estimate of drug-likeness (QED) is 0.789. The normalized spacial score (nSPS) is 17.1. The van der Waals surface area contributed by atoms with Crippen LogP contribution in [-0.4, -0.2) is 34.6 Å². The summed E-state index contributed by atoms with van der Waals surface area (Å²) in [6.07, 6.45) is 4.44. The average Bonchev–Trinajstić information content (AvgIpc) is 3.29. The van der Waals surface area contributed by atoms with E-state index < -0.39 is 0 Å². The van der Waals surface area contributed by atoms with E-state index in [1.165, 1.54) is 0 Å². The summed E-state index contributed by atoms with van der Waals surface area (Å²) >= 11 is 1.69. The van der Waals surface area contributed by atoms with Crippen LogP contribution in [0.25, 0.3) is 10.2 Å². The molecule has 0 spiro atoms. The molecule has 0 radical (unpaired) electrons. The van der Waals surface area contributed by atoms with E-state index in [-0.39, 0.29) is 0 Å². The molecule has 0 bridgehead atoms. The van der Waals surface area contributed by atoms with Crippen molar-refractivity contribution in [3.8, 4) is 6.07 Å². The van der Waals surface area contributed by atoms with Gasteiger partial charge >= 0.3 is 0 Å². The molecular weight excluding hydrogens is 320 g/mol. The number of anilines is 2. The van der Waals surface area contributed by atoms with Crippen LogP contribution < -0.4 is 10.2 Å². The van der Waals surface area contributed by atoms with Gasteiger partial charge in [0.05, 0.1) is 15.8 Å². The number of nitrogens with zero attached hydrogens (tertiary/aromatic N) is 5. The predicted octanol–water partition coefficient (Wildman–Crippen LogP) is 2.90. The van der Waals surface area contributed by atoms with Gasteiger partial charge in [0.1, 0.15) is 24.0 Å². The maximum Gasteiger partial charge on any atom is 0.150 e. The summed E-state index contributed by atoms with van der Waals surface area (Å²) in [5.41, 5.74) is 1.60. The van der Waals surface area contributed by atoms with Crippen molar-refractivity contribution in [1.29, 1.82) is 5.26 Å². The lowest BCUT2D eigenvalue weighted by atomic mass is 10.1. The van der Waals surface area contributed by atoms with E-state index in [9.17, 15) is 0 Å². The highest BCUT2D eigenvalue weighted by Crippen LogP contribution is 2.31. The van der Waals surface area contributed by atoms with Gasteiger partial charge in [0.15, 0.2) is 0 Å². The Kier molecular flexibility index (Phi) is 3.97. The predicted molar refractivity (Wildman–Crippen MR) is 95.2 cm³/mol. The fourth-order valence-corrected chi connectivity index (χ4v) is 3.93. The highest BCUT2D eigenvalue weighted by atomic mass is 32.1. The lowest BCUT2D eigenvalue weighted by molar-refractivity contribution is 0.621. The zero-order valence-electron chi connectivity index (χ0n) is 13.0. The number of nitriles is 1. The zero-order chi connectivity index (χ0) is 16.4. The molecular formula is C17H16N6S. The van der Waals surface area contributed by atoms with Gasteiger partial charge < -0.3 is 10.2 Å². The Labute approximate surface area is 143 Å². The second kappa shape index (κ2) is 6.42. The van der Waals surface area contributed by atoms with Gasteiger partial charge in [0.2, 0.25) is 0 Å². The Morgan fingerprint density at radius 1 is 1.33 bits per heavy atom. The van der Waals surface area contributed by atoms with Crippen LogP contribution in [0.1, 0.15) is 12.0 Å². The van der Waals surface area contributed by atoms with Gasteiger partial charge in [-0.25, -0.2) is 15.0 Å². The molecule has 0 saturated carbocycles. The molecule has 1 atom stereocenters. The van der Waals surface area contributed by atoms with E-state index in [0.717, 1.165) is 42.1 Å². The van der Waals surface area contributed by atoms with Crippen molar-refractivity contribution >= 4 is 33.2 Å². The van der Waals surface area contributed by atoms with E-state index in [0.29, 0.717) is 17.3 Å². The summed E-state index contributed by atoms with van der Waals surface area (Å²) in [4.78, 5) is 15.4. The fourth-order valence-electron chi connectivity index (χ4n) is 3.07. The van der Waals surface area contributed by atoms with Gasteiger partial charge in [-0.2, -0.15) is 5.26 Å². The molecule has 6 nitrogen and oxygen atoms in total. The molecule has 0 aromatic carbocycles.